The Balaban J connectivity index is 1.17. The summed E-state index contributed by atoms with van der Waals surface area (Å²) in [6.45, 7) is 4.01. The number of para-hydroxylation sites is 1. The average Bonchev–Trinajstić information content (AvgIpc) is 3.41. The number of hydrogen-bond acceptors (Lipinski definition) is 5. The van der Waals surface area contributed by atoms with Gasteiger partial charge in [0.05, 0.1) is 13.1 Å². The number of esters is 1. The van der Waals surface area contributed by atoms with Crippen molar-refractivity contribution in [1.29, 1.82) is 0 Å². The molecule has 7 rings (SSSR count). The zero-order valence-electron chi connectivity index (χ0n) is 20.8. The first-order valence-corrected chi connectivity index (χ1v) is 14.0. The number of anilines is 1. The Labute approximate surface area is 222 Å². The molecule has 4 heterocycles. The summed E-state index contributed by atoms with van der Waals surface area (Å²) in [6.07, 6.45) is 2.12. The van der Waals surface area contributed by atoms with Gasteiger partial charge in [-0.3, -0.25) is 0 Å². The van der Waals surface area contributed by atoms with Gasteiger partial charge >= 0.3 is 5.97 Å². The molecule has 0 spiro atoms. The van der Waals surface area contributed by atoms with Gasteiger partial charge < -0.3 is 14.5 Å². The summed E-state index contributed by atoms with van der Waals surface area (Å²) >= 11 is 1.71. The highest BCUT2D eigenvalue weighted by atomic mass is 32.1. The van der Waals surface area contributed by atoms with E-state index in [0.717, 1.165) is 65.5 Å². The van der Waals surface area contributed by atoms with Gasteiger partial charge in [0, 0.05) is 35.4 Å². The lowest BCUT2D eigenvalue weighted by Crippen LogP contribution is -2.64. The summed E-state index contributed by atoms with van der Waals surface area (Å²) in [5, 5.41) is 6.68. The molecule has 6 heteroatoms. The number of aromatic nitrogens is 1. The summed E-state index contributed by atoms with van der Waals surface area (Å²) in [6, 6.07) is 29.6. The lowest BCUT2D eigenvalue weighted by molar-refractivity contribution is -0.958. The smallest absolute Gasteiger partial charge is 0.333 e. The zero-order chi connectivity index (χ0) is 25.1. The van der Waals surface area contributed by atoms with Crippen LogP contribution in [0, 0.1) is 5.92 Å². The number of piperidine rings is 3. The molecule has 1 aromatic heterocycles. The molecule has 5 nitrogen and oxygen atoms in total. The van der Waals surface area contributed by atoms with Gasteiger partial charge in [0.2, 0.25) is 0 Å². The van der Waals surface area contributed by atoms with E-state index in [0.29, 0.717) is 5.92 Å². The molecule has 2 atom stereocenters. The van der Waals surface area contributed by atoms with Crippen LogP contribution in [0.1, 0.15) is 30.1 Å². The highest BCUT2D eigenvalue weighted by Crippen LogP contribution is 2.38. The molecule has 188 valence electrons. The van der Waals surface area contributed by atoms with Crippen molar-refractivity contribution in [2.75, 3.05) is 25.0 Å². The topological polar surface area (TPSA) is 51.2 Å². The second kappa shape index (κ2) is 10.5. The summed E-state index contributed by atoms with van der Waals surface area (Å²) in [4.78, 5) is 18.6. The van der Waals surface area contributed by atoms with Crippen molar-refractivity contribution >= 4 is 23.0 Å². The number of nitrogens with one attached hydrogen (secondary N) is 1. The number of carbonyl (C=O) groups is 1. The Morgan fingerprint density at radius 1 is 0.946 bits per heavy atom. The minimum Gasteiger partial charge on any atom is -0.454 e. The molecular formula is C31H32N3O2S+. The maximum atomic E-state index is 13.6. The summed E-state index contributed by atoms with van der Waals surface area (Å²) in [5.74, 6) is 0.236. The fourth-order valence-corrected chi connectivity index (χ4v) is 6.67. The number of fused-ring (bicyclic) bond motifs is 3. The van der Waals surface area contributed by atoms with Gasteiger partial charge in [0.1, 0.15) is 23.8 Å². The quantitative estimate of drug-likeness (QED) is 0.223. The van der Waals surface area contributed by atoms with E-state index in [1.54, 1.807) is 11.3 Å². The maximum absolute atomic E-state index is 13.6. The third-order valence-corrected chi connectivity index (χ3v) is 8.77. The molecule has 0 unspecified atom stereocenters. The molecule has 3 saturated heterocycles. The third-order valence-electron chi connectivity index (χ3n) is 7.83. The maximum Gasteiger partial charge on any atom is 0.333 e. The van der Waals surface area contributed by atoms with Crippen molar-refractivity contribution in [1.82, 2.24) is 4.98 Å². The SMILES string of the molecule is O=C(O[C@H]1C[N+]2(Cc3csc(-c4ccccc4)n3)CCC1CC2)[C@H](Nc1ccccc1)c1ccccc1. The van der Waals surface area contributed by atoms with Crippen LogP contribution in [-0.2, 0) is 16.1 Å². The van der Waals surface area contributed by atoms with Crippen LogP contribution in [0.15, 0.2) is 96.4 Å². The van der Waals surface area contributed by atoms with Gasteiger partial charge in [-0.25, -0.2) is 9.78 Å². The number of thiazole rings is 1. The molecule has 3 fully saturated rings. The molecular weight excluding hydrogens is 478 g/mol. The first kappa shape index (κ1) is 23.9. The summed E-state index contributed by atoms with van der Waals surface area (Å²) in [5.41, 5.74) is 4.13. The molecule has 0 saturated carbocycles. The Hall–Kier alpha value is -3.48. The van der Waals surface area contributed by atoms with Crippen molar-refractivity contribution in [2.24, 2.45) is 5.92 Å². The molecule has 3 aromatic carbocycles. The fraction of sp³-hybridized carbons (Fsp3) is 0.290. The lowest BCUT2D eigenvalue weighted by Gasteiger charge is -2.51. The number of rotatable bonds is 8. The number of benzene rings is 3. The lowest BCUT2D eigenvalue weighted by atomic mass is 9.83. The van der Waals surface area contributed by atoms with E-state index in [1.807, 2.05) is 66.7 Å². The summed E-state index contributed by atoms with van der Waals surface area (Å²) < 4.78 is 7.27. The van der Waals surface area contributed by atoms with E-state index in [-0.39, 0.29) is 12.1 Å². The van der Waals surface area contributed by atoms with E-state index in [9.17, 15) is 4.79 Å². The van der Waals surface area contributed by atoms with E-state index < -0.39 is 6.04 Å². The highest BCUT2D eigenvalue weighted by molar-refractivity contribution is 7.13. The molecule has 0 radical (unpaired) electrons. The third kappa shape index (κ3) is 5.31. The fourth-order valence-electron chi connectivity index (χ4n) is 5.86. The largest absolute Gasteiger partial charge is 0.454 e. The molecule has 0 aliphatic carbocycles. The first-order chi connectivity index (χ1) is 18.2. The molecule has 37 heavy (non-hydrogen) atoms. The number of carbonyl (C=O) groups excluding carboxylic acids is 1. The van der Waals surface area contributed by atoms with E-state index in [1.165, 1.54) is 5.56 Å². The van der Waals surface area contributed by atoms with Crippen molar-refractivity contribution in [3.63, 3.8) is 0 Å². The molecule has 0 amide bonds. The number of nitrogens with zero attached hydrogens (tertiary/aromatic N) is 2. The number of ether oxygens (including phenoxy) is 1. The standard InChI is InChI=1S/C31H32N3O2S/c35-31(29(24-10-4-1-5-11-24)32-26-14-8-3-9-15-26)36-28-21-34(18-16-23(28)17-19-34)20-27-22-37-30(33-27)25-12-6-2-7-13-25/h1-15,22-23,28-29,32H,16-21H2/q+1/t23?,28-,29+,34?/m0/s1. The predicted molar refractivity (Wildman–Crippen MR) is 148 cm³/mol. The van der Waals surface area contributed by atoms with Gasteiger partial charge in [-0.1, -0.05) is 78.9 Å². The number of hydrogen-bond donors (Lipinski definition) is 1. The number of quaternary nitrogens is 1. The van der Waals surface area contributed by atoms with E-state index in [2.05, 4.69) is 35.0 Å². The van der Waals surface area contributed by atoms with Crippen LogP contribution in [0.2, 0.25) is 0 Å². The van der Waals surface area contributed by atoms with Gasteiger partial charge in [0.15, 0.2) is 12.1 Å². The van der Waals surface area contributed by atoms with Crippen molar-refractivity contribution in [3.05, 3.63) is 108 Å². The summed E-state index contributed by atoms with van der Waals surface area (Å²) in [7, 11) is 0. The van der Waals surface area contributed by atoms with E-state index in [4.69, 9.17) is 9.72 Å². The van der Waals surface area contributed by atoms with Crippen molar-refractivity contribution in [2.45, 2.75) is 31.5 Å². The van der Waals surface area contributed by atoms with Crippen LogP contribution >= 0.6 is 11.3 Å². The van der Waals surface area contributed by atoms with Crippen molar-refractivity contribution in [3.8, 4) is 10.6 Å². The average molecular weight is 511 g/mol. The van der Waals surface area contributed by atoms with E-state index >= 15 is 0 Å². The first-order valence-electron chi connectivity index (χ1n) is 13.1. The van der Waals surface area contributed by atoms with Crippen LogP contribution in [0.25, 0.3) is 10.6 Å². The minimum atomic E-state index is -0.542. The Bertz CT molecular complexity index is 1320. The molecule has 1 N–H and O–H groups in total. The molecule has 3 aliphatic rings. The van der Waals surface area contributed by atoms with Crippen LogP contribution in [-0.4, -0.2) is 41.2 Å². The second-order valence-electron chi connectivity index (χ2n) is 10.3. The van der Waals surface area contributed by atoms with Crippen LogP contribution in [0.5, 0.6) is 0 Å². The van der Waals surface area contributed by atoms with Crippen LogP contribution < -0.4 is 5.32 Å². The Kier molecular flexibility index (Phi) is 6.77. The van der Waals surface area contributed by atoms with Gasteiger partial charge in [-0.2, -0.15) is 0 Å². The van der Waals surface area contributed by atoms with Gasteiger partial charge in [-0.15, -0.1) is 11.3 Å². The molecule has 2 bridgehead atoms. The van der Waals surface area contributed by atoms with Crippen LogP contribution in [0.4, 0.5) is 5.69 Å². The second-order valence-corrected chi connectivity index (χ2v) is 11.2. The zero-order valence-corrected chi connectivity index (χ0v) is 21.6. The van der Waals surface area contributed by atoms with Gasteiger partial charge in [-0.05, 0) is 17.7 Å². The van der Waals surface area contributed by atoms with Gasteiger partial charge in [0.25, 0.3) is 0 Å². The Morgan fingerprint density at radius 2 is 1.59 bits per heavy atom. The Morgan fingerprint density at radius 3 is 2.30 bits per heavy atom. The molecule has 4 aromatic rings. The monoisotopic (exact) mass is 510 g/mol. The minimum absolute atomic E-state index is 0.0639. The van der Waals surface area contributed by atoms with Crippen LogP contribution in [0.3, 0.4) is 0 Å². The normalized spacial score (nSPS) is 23.4. The molecule has 3 aliphatic heterocycles. The predicted octanol–water partition coefficient (Wildman–Crippen LogP) is 6.32. The van der Waals surface area contributed by atoms with Crippen molar-refractivity contribution < 1.29 is 14.0 Å². The highest BCUT2D eigenvalue weighted by Gasteiger charge is 2.48.